The summed E-state index contributed by atoms with van der Waals surface area (Å²) in [5.41, 5.74) is 3.94. The van der Waals surface area contributed by atoms with Crippen LogP contribution < -0.4 is 10.6 Å². The molecule has 2 N–H and O–H groups in total. The van der Waals surface area contributed by atoms with Crippen LogP contribution in [0, 0.1) is 6.92 Å². The van der Waals surface area contributed by atoms with E-state index in [4.69, 9.17) is 0 Å². The number of aromatic nitrogens is 2. The van der Waals surface area contributed by atoms with Crippen LogP contribution in [0.3, 0.4) is 0 Å². The fraction of sp³-hybridized carbons (Fsp3) is 0.500. The van der Waals surface area contributed by atoms with Crippen molar-refractivity contribution in [1.82, 2.24) is 15.3 Å². The first-order chi connectivity index (χ1) is 13.0. The molecule has 0 saturated heterocycles. The smallest absolute Gasteiger partial charge is 0.254 e. The molecule has 0 unspecified atom stereocenters. The minimum atomic E-state index is -0.0767. The number of amides is 1. The number of para-hydroxylation sites is 1. The van der Waals surface area contributed by atoms with Gasteiger partial charge in [0.25, 0.3) is 5.91 Å². The fourth-order valence-electron chi connectivity index (χ4n) is 3.66. The predicted octanol–water partition coefficient (Wildman–Crippen LogP) is 5.10. The molecule has 0 radical (unpaired) electrons. The number of hydrogen-bond donors (Lipinski definition) is 2. The Hall–Kier alpha value is -2.43. The molecule has 1 saturated carbocycles. The average Bonchev–Trinajstić information content (AvgIpc) is 2.92. The van der Waals surface area contributed by atoms with Gasteiger partial charge in [-0.05, 0) is 36.8 Å². The molecule has 3 rings (SSSR count). The molecule has 0 spiro atoms. The van der Waals surface area contributed by atoms with E-state index < -0.39 is 0 Å². The van der Waals surface area contributed by atoms with Crippen molar-refractivity contribution in [2.24, 2.45) is 0 Å². The molecule has 0 atom stereocenters. The average molecular weight is 367 g/mol. The lowest BCUT2D eigenvalue weighted by Crippen LogP contribution is -2.34. The van der Waals surface area contributed by atoms with Crippen molar-refractivity contribution < 1.29 is 4.79 Å². The largest absolute Gasteiger partial charge is 0.349 e. The molecule has 5 nitrogen and oxygen atoms in total. The van der Waals surface area contributed by atoms with Crippen LogP contribution >= 0.6 is 0 Å². The molecule has 144 valence electrons. The lowest BCUT2D eigenvalue weighted by atomic mass is 9.98. The normalized spacial score (nSPS) is 15.4. The lowest BCUT2D eigenvalue weighted by Gasteiger charge is -2.17. The summed E-state index contributed by atoms with van der Waals surface area (Å²) in [5, 5.41) is 6.46. The maximum atomic E-state index is 12.5. The molecule has 1 aliphatic rings. The second kappa shape index (κ2) is 8.98. The first-order valence-electron chi connectivity index (χ1n) is 10.0. The van der Waals surface area contributed by atoms with E-state index in [2.05, 4.69) is 59.6 Å². The van der Waals surface area contributed by atoms with Crippen LogP contribution in [0.15, 0.2) is 30.6 Å². The summed E-state index contributed by atoms with van der Waals surface area (Å²) in [6.07, 6.45) is 10.3. The summed E-state index contributed by atoms with van der Waals surface area (Å²) in [4.78, 5) is 21.2. The Bertz CT molecular complexity index is 762. The second-order valence-electron chi connectivity index (χ2n) is 7.78. The van der Waals surface area contributed by atoms with Gasteiger partial charge in [-0.25, -0.2) is 9.97 Å². The van der Waals surface area contributed by atoms with Crippen molar-refractivity contribution in [2.75, 3.05) is 5.32 Å². The first-order valence-corrected chi connectivity index (χ1v) is 10.0. The number of nitrogens with zero attached hydrogens (tertiary/aromatic N) is 2. The van der Waals surface area contributed by atoms with Gasteiger partial charge in [0, 0.05) is 24.1 Å². The first kappa shape index (κ1) is 19.3. The second-order valence-corrected chi connectivity index (χ2v) is 7.78. The van der Waals surface area contributed by atoms with E-state index >= 15 is 0 Å². The molecular formula is C22H30N4O. The van der Waals surface area contributed by atoms with Gasteiger partial charge in [0.05, 0.1) is 5.56 Å². The zero-order chi connectivity index (χ0) is 19.2. The minimum Gasteiger partial charge on any atom is -0.349 e. The van der Waals surface area contributed by atoms with Gasteiger partial charge in [0.2, 0.25) is 5.95 Å². The summed E-state index contributed by atoms with van der Waals surface area (Å²) in [6, 6.07) is 6.54. The Balaban J connectivity index is 1.68. The zero-order valence-corrected chi connectivity index (χ0v) is 16.6. The number of carbonyl (C=O) groups is 1. The highest BCUT2D eigenvalue weighted by Crippen LogP contribution is 2.29. The Morgan fingerprint density at radius 3 is 2.37 bits per heavy atom. The molecule has 0 aliphatic heterocycles. The fourth-order valence-corrected chi connectivity index (χ4v) is 3.66. The molecule has 1 aliphatic carbocycles. The third-order valence-electron chi connectivity index (χ3n) is 5.27. The molecule has 2 aromatic rings. The van der Waals surface area contributed by atoms with E-state index in [1.807, 2.05) is 0 Å². The Morgan fingerprint density at radius 2 is 1.74 bits per heavy atom. The van der Waals surface area contributed by atoms with E-state index in [9.17, 15) is 4.79 Å². The SMILES string of the molecule is Cc1cccc(C(C)C)c1Nc1ncc(C(=O)NC2CCCCCC2)cn1. The third-order valence-corrected chi connectivity index (χ3v) is 5.27. The van der Waals surface area contributed by atoms with Gasteiger partial charge in [-0.15, -0.1) is 0 Å². The summed E-state index contributed by atoms with van der Waals surface area (Å²) >= 11 is 0. The van der Waals surface area contributed by atoms with Crippen molar-refractivity contribution in [1.29, 1.82) is 0 Å². The number of aryl methyl sites for hydroxylation is 1. The monoisotopic (exact) mass is 366 g/mol. The number of hydrogen-bond acceptors (Lipinski definition) is 4. The van der Waals surface area contributed by atoms with Gasteiger partial charge in [-0.2, -0.15) is 0 Å². The molecule has 27 heavy (non-hydrogen) atoms. The van der Waals surface area contributed by atoms with Gasteiger partial charge < -0.3 is 10.6 Å². The van der Waals surface area contributed by atoms with Crippen molar-refractivity contribution in [3.8, 4) is 0 Å². The highest BCUT2D eigenvalue weighted by molar-refractivity contribution is 5.93. The topological polar surface area (TPSA) is 66.9 Å². The third kappa shape index (κ3) is 5.06. The van der Waals surface area contributed by atoms with E-state index in [-0.39, 0.29) is 11.9 Å². The van der Waals surface area contributed by atoms with Crippen molar-refractivity contribution >= 4 is 17.5 Å². The molecular weight excluding hydrogens is 336 g/mol. The van der Waals surface area contributed by atoms with E-state index in [1.54, 1.807) is 12.4 Å². The van der Waals surface area contributed by atoms with Crippen LogP contribution in [0.5, 0.6) is 0 Å². The van der Waals surface area contributed by atoms with Gasteiger partial charge in [-0.1, -0.05) is 57.7 Å². The Labute approximate surface area is 162 Å². The molecule has 1 amide bonds. The number of rotatable bonds is 5. The van der Waals surface area contributed by atoms with E-state index in [0.717, 1.165) is 24.1 Å². The van der Waals surface area contributed by atoms with Gasteiger partial charge >= 0.3 is 0 Å². The van der Waals surface area contributed by atoms with Gasteiger partial charge in [0.1, 0.15) is 0 Å². The van der Waals surface area contributed by atoms with Crippen LogP contribution in [0.2, 0.25) is 0 Å². The van der Waals surface area contributed by atoms with E-state index in [1.165, 1.54) is 31.2 Å². The molecule has 1 fully saturated rings. The molecule has 0 bridgehead atoms. The maximum Gasteiger partial charge on any atom is 0.254 e. The summed E-state index contributed by atoms with van der Waals surface area (Å²) < 4.78 is 0. The van der Waals surface area contributed by atoms with Crippen molar-refractivity contribution in [3.05, 3.63) is 47.3 Å². The summed E-state index contributed by atoms with van der Waals surface area (Å²) in [7, 11) is 0. The summed E-state index contributed by atoms with van der Waals surface area (Å²) in [6.45, 7) is 6.41. The molecule has 5 heteroatoms. The van der Waals surface area contributed by atoms with Gasteiger partial charge in [-0.3, -0.25) is 4.79 Å². The molecule has 1 heterocycles. The number of anilines is 2. The molecule has 1 aromatic carbocycles. The summed E-state index contributed by atoms with van der Waals surface area (Å²) in [5.74, 6) is 0.835. The van der Waals surface area contributed by atoms with Crippen LogP contribution in [0.4, 0.5) is 11.6 Å². The predicted molar refractivity (Wildman–Crippen MR) is 110 cm³/mol. The number of nitrogens with one attached hydrogen (secondary N) is 2. The maximum absolute atomic E-state index is 12.5. The van der Waals surface area contributed by atoms with Crippen molar-refractivity contribution in [3.63, 3.8) is 0 Å². The minimum absolute atomic E-state index is 0.0767. The quantitative estimate of drug-likeness (QED) is 0.722. The van der Waals surface area contributed by atoms with Crippen LogP contribution in [-0.2, 0) is 0 Å². The van der Waals surface area contributed by atoms with Crippen LogP contribution in [0.25, 0.3) is 0 Å². The Kier molecular flexibility index (Phi) is 6.43. The molecule has 1 aromatic heterocycles. The highest BCUT2D eigenvalue weighted by Gasteiger charge is 2.16. The number of benzene rings is 1. The standard InChI is InChI=1S/C22H30N4O/c1-15(2)19-12-8-9-16(3)20(19)26-22-23-13-17(14-24-22)21(27)25-18-10-6-4-5-7-11-18/h8-9,12-15,18H,4-7,10-11H2,1-3H3,(H,25,27)(H,23,24,26). The van der Waals surface area contributed by atoms with Crippen LogP contribution in [0.1, 0.15) is 79.8 Å². The highest BCUT2D eigenvalue weighted by atomic mass is 16.1. The lowest BCUT2D eigenvalue weighted by molar-refractivity contribution is 0.0932. The zero-order valence-electron chi connectivity index (χ0n) is 16.6. The Morgan fingerprint density at radius 1 is 1.07 bits per heavy atom. The van der Waals surface area contributed by atoms with Crippen LogP contribution in [-0.4, -0.2) is 21.9 Å². The van der Waals surface area contributed by atoms with E-state index in [0.29, 0.717) is 17.4 Å². The van der Waals surface area contributed by atoms with Crippen molar-refractivity contribution in [2.45, 2.75) is 71.3 Å². The number of carbonyl (C=O) groups excluding carboxylic acids is 1. The van der Waals surface area contributed by atoms with Gasteiger partial charge in [0.15, 0.2) is 0 Å².